The Morgan fingerprint density at radius 1 is 1.28 bits per heavy atom. The number of anilines is 1. The van der Waals surface area contributed by atoms with E-state index in [9.17, 15) is 0 Å². The minimum atomic E-state index is 0.752. The van der Waals surface area contributed by atoms with Gasteiger partial charge in [-0.2, -0.15) is 5.10 Å². The lowest BCUT2D eigenvalue weighted by Gasteiger charge is -2.07. The maximum absolute atomic E-state index is 4.60. The van der Waals surface area contributed by atoms with Crippen LogP contribution in [0.25, 0.3) is 11.4 Å². The lowest BCUT2D eigenvalue weighted by atomic mass is 10.1. The van der Waals surface area contributed by atoms with Crippen LogP contribution in [0.2, 0.25) is 0 Å². The van der Waals surface area contributed by atoms with E-state index in [1.54, 1.807) is 0 Å². The molecule has 5 heteroatoms. The summed E-state index contributed by atoms with van der Waals surface area (Å²) in [6.45, 7) is 6.12. The average molecular weight is 245 g/mol. The van der Waals surface area contributed by atoms with Gasteiger partial charge in [-0.3, -0.25) is 4.68 Å². The van der Waals surface area contributed by atoms with Gasteiger partial charge in [0.15, 0.2) is 5.82 Å². The van der Waals surface area contributed by atoms with Gasteiger partial charge in [0.1, 0.15) is 5.82 Å². The Kier molecular flexibility index (Phi) is 3.32. The molecule has 5 nitrogen and oxygen atoms in total. The molecule has 18 heavy (non-hydrogen) atoms. The fourth-order valence-electron chi connectivity index (χ4n) is 2.02. The second-order valence-electron chi connectivity index (χ2n) is 4.34. The summed E-state index contributed by atoms with van der Waals surface area (Å²) >= 11 is 0. The Morgan fingerprint density at radius 2 is 2.00 bits per heavy atom. The van der Waals surface area contributed by atoms with Crippen LogP contribution in [0.5, 0.6) is 0 Å². The quantitative estimate of drug-likeness (QED) is 0.899. The van der Waals surface area contributed by atoms with Gasteiger partial charge in [0.2, 0.25) is 0 Å². The van der Waals surface area contributed by atoms with E-state index in [2.05, 4.69) is 27.3 Å². The number of hydrogen-bond donors (Lipinski definition) is 1. The summed E-state index contributed by atoms with van der Waals surface area (Å²) in [6, 6.07) is 1.98. The Hall–Kier alpha value is -1.91. The molecule has 1 N–H and O–H groups in total. The van der Waals surface area contributed by atoms with Crippen LogP contribution in [0.15, 0.2) is 6.07 Å². The van der Waals surface area contributed by atoms with E-state index in [4.69, 9.17) is 0 Å². The zero-order valence-corrected chi connectivity index (χ0v) is 11.6. The van der Waals surface area contributed by atoms with Crippen LogP contribution in [-0.4, -0.2) is 26.8 Å². The van der Waals surface area contributed by atoms with Crippen LogP contribution >= 0.6 is 0 Å². The first-order valence-electron chi connectivity index (χ1n) is 6.13. The maximum Gasteiger partial charge on any atom is 0.165 e. The first kappa shape index (κ1) is 12.5. The first-order chi connectivity index (χ1) is 8.56. The zero-order chi connectivity index (χ0) is 13.3. The van der Waals surface area contributed by atoms with E-state index in [1.807, 2.05) is 38.7 Å². The van der Waals surface area contributed by atoms with Gasteiger partial charge >= 0.3 is 0 Å². The van der Waals surface area contributed by atoms with Crippen molar-refractivity contribution in [3.8, 4) is 11.4 Å². The molecular weight excluding hydrogens is 226 g/mol. The van der Waals surface area contributed by atoms with Crippen LogP contribution in [0.1, 0.15) is 24.0 Å². The molecule has 0 aromatic carbocycles. The summed E-state index contributed by atoms with van der Waals surface area (Å²) in [5.74, 6) is 1.60. The molecule has 0 saturated carbocycles. The molecule has 0 radical (unpaired) electrons. The molecule has 0 unspecified atom stereocenters. The van der Waals surface area contributed by atoms with Crippen molar-refractivity contribution < 1.29 is 0 Å². The van der Waals surface area contributed by atoms with Crippen LogP contribution in [-0.2, 0) is 13.5 Å². The maximum atomic E-state index is 4.60. The van der Waals surface area contributed by atoms with Crippen molar-refractivity contribution >= 4 is 5.82 Å². The molecule has 0 fully saturated rings. The first-order valence-corrected chi connectivity index (χ1v) is 6.13. The highest BCUT2D eigenvalue weighted by Crippen LogP contribution is 2.24. The van der Waals surface area contributed by atoms with Crippen molar-refractivity contribution in [3.05, 3.63) is 23.1 Å². The molecule has 96 valence electrons. The van der Waals surface area contributed by atoms with Gasteiger partial charge in [-0.05, 0) is 20.3 Å². The lowest BCUT2D eigenvalue weighted by Crippen LogP contribution is -2.01. The third-order valence-corrected chi connectivity index (χ3v) is 3.13. The van der Waals surface area contributed by atoms with Crippen molar-refractivity contribution in [1.82, 2.24) is 19.7 Å². The molecular formula is C13H19N5. The van der Waals surface area contributed by atoms with E-state index in [0.29, 0.717) is 0 Å². The summed E-state index contributed by atoms with van der Waals surface area (Å²) < 4.78 is 1.87. The number of rotatable bonds is 3. The molecule has 0 spiro atoms. The van der Waals surface area contributed by atoms with Crippen molar-refractivity contribution in [3.63, 3.8) is 0 Å². The molecule has 0 saturated heterocycles. The average Bonchev–Trinajstić information content (AvgIpc) is 2.62. The van der Waals surface area contributed by atoms with Gasteiger partial charge in [-0.15, -0.1) is 0 Å². The minimum Gasteiger partial charge on any atom is -0.373 e. The third kappa shape index (κ3) is 2.08. The molecule has 0 aliphatic rings. The fourth-order valence-corrected chi connectivity index (χ4v) is 2.02. The van der Waals surface area contributed by atoms with Gasteiger partial charge in [-0.1, -0.05) is 6.92 Å². The molecule has 0 aliphatic carbocycles. The van der Waals surface area contributed by atoms with Crippen molar-refractivity contribution in [1.29, 1.82) is 0 Å². The summed E-state index contributed by atoms with van der Waals surface area (Å²) in [5.41, 5.74) is 4.12. The third-order valence-electron chi connectivity index (χ3n) is 3.13. The molecule has 0 aliphatic heterocycles. The number of nitrogens with zero attached hydrogens (tertiary/aromatic N) is 4. The Bertz CT molecular complexity index is 549. The fraction of sp³-hybridized carbons (Fsp3) is 0.462. The highest BCUT2D eigenvalue weighted by atomic mass is 15.3. The SMILES string of the molecule is CCc1cc(NC)nc(-c2c(C)nn(C)c2C)n1. The summed E-state index contributed by atoms with van der Waals surface area (Å²) in [7, 11) is 3.81. The second kappa shape index (κ2) is 4.76. The molecule has 2 aromatic rings. The van der Waals surface area contributed by atoms with E-state index in [0.717, 1.165) is 40.7 Å². The summed E-state index contributed by atoms with van der Waals surface area (Å²) in [5, 5.41) is 7.49. The smallest absolute Gasteiger partial charge is 0.165 e. The number of nitrogens with one attached hydrogen (secondary N) is 1. The summed E-state index contributed by atoms with van der Waals surface area (Å²) in [6.07, 6.45) is 0.891. The van der Waals surface area contributed by atoms with Gasteiger partial charge in [0.05, 0.1) is 11.3 Å². The van der Waals surface area contributed by atoms with Gasteiger partial charge in [0, 0.05) is 31.5 Å². The standard InChI is InChI=1S/C13H19N5/c1-6-10-7-11(14-4)16-13(15-10)12-8(2)17-18(5)9(12)3/h7H,6H2,1-5H3,(H,14,15,16). The van der Waals surface area contributed by atoms with Crippen molar-refractivity contribution in [2.45, 2.75) is 27.2 Å². The predicted octanol–water partition coefficient (Wildman–Crippen LogP) is 2.10. The van der Waals surface area contributed by atoms with Crippen LogP contribution in [0.3, 0.4) is 0 Å². The molecule has 2 heterocycles. The Balaban J connectivity index is 2.62. The molecule has 2 rings (SSSR count). The molecule has 0 atom stereocenters. The molecule has 2 aromatic heterocycles. The highest BCUT2D eigenvalue weighted by molar-refractivity contribution is 5.63. The van der Waals surface area contributed by atoms with E-state index < -0.39 is 0 Å². The zero-order valence-electron chi connectivity index (χ0n) is 11.6. The molecule has 0 amide bonds. The number of hydrogen-bond acceptors (Lipinski definition) is 4. The topological polar surface area (TPSA) is 55.6 Å². The predicted molar refractivity (Wildman–Crippen MR) is 72.6 cm³/mol. The second-order valence-corrected chi connectivity index (χ2v) is 4.34. The van der Waals surface area contributed by atoms with E-state index in [1.165, 1.54) is 0 Å². The Morgan fingerprint density at radius 3 is 2.50 bits per heavy atom. The van der Waals surface area contributed by atoms with Crippen LogP contribution in [0, 0.1) is 13.8 Å². The minimum absolute atomic E-state index is 0.752. The molecule has 0 bridgehead atoms. The van der Waals surface area contributed by atoms with E-state index >= 15 is 0 Å². The summed E-state index contributed by atoms with van der Waals surface area (Å²) in [4.78, 5) is 9.13. The van der Waals surface area contributed by atoms with Gasteiger partial charge in [0.25, 0.3) is 0 Å². The Labute approximate surface area is 107 Å². The van der Waals surface area contributed by atoms with Gasteiger partial charge < -0.3 is 5.32 Å². The van der Waals surface area contributed by atoms with Crippen LogP contribution in [0.4, 0.5) is 5.82 Å². The van der Waals surface area contributed by atoms with Crippen molar-refractivity contribution in [2.24, 2.45) is 7.05 Å². The highest BCUT2D eigenvalue weighted by Gasteiger charge is 2.15. The monoisotopic (exact) mass is 245 g/mol. The van der Waals surface area contributed by atoms with Crippen LogP contribution < -0.4 is 5.32 Å². The van der Waals surface area contributed by atoms with Crippen molar-refractivity contribution in [2.75, 3.05) is 12.4 Å². The van der Waals surface area contributed by atoms with E-state index in [-0.39, 0.29) is 0 Å². The largest absolute Gasteiger partial charge is 0.373 e. The number of aromatic nitrogens is 4. The normalized spacial score (nSPS) is 10.7. The number of aryl methyl sites for hydroxylation is 3. The lowest BCUT2D eigenvalue weighted by molar-refractivity contribution is 0.731. The van der Waals surface area contributed by atoms with Gasteiger partial charge in [-0.25, -0.2) is 9.97 Å².